The van der Waals surface area contributed by atoms with Gasteiger partial charge in [-0.15, -0.1) is 21.5 Å². The lowest BCUT2D eigenvalue weighted by Gasteiger charge is -2.35. The van der Waals surface area contributed by atoms with Crippen LogP contribution in [0.3, 0.4) is 0 Å². The molecule has 2 atom stereocenters. The summed E-state index contributed by atoms with van der Waals surface area (Å²) in [6.07, 6.45) is 1.84. The van der Waals surface area contributed by atoms with E-state index < -0.39 is 47.3 Å². The van der Waals surface area contributed by atoms with Crippen molar-refractivity contribution < 1.29 is 37.9 Å². The number of carbonyl (C=O) groups excluding carboxylic acids is 5. The third-order valence-electron chi connectivity index (χ3n) is 11.2. The van der Waals surface area contributed by atoms with E-state index in [1.54, 1.807) is 29.6 Å². The molecule has 6 heterocycles. The number of thiazole rings is 1. The molecular weight excluding hydrogens is 785 g/mol. The number of nitrogens with one attached hydrogen (secondary N) is 2. The Bertz CT molecular complexity index is 2530. The van der Waals surface area contributed by atoms with Crippen LogP contribution >= 0.6 is 11.3 Å². The summed E-state index contributed by atoms with van der Waals surface area (Å²) in [7, 11) is 0. The summed E-state index contributed by atoms with van der Waals surface area (Å²) in [4.78, 5) is 75.5. The molecule has 59 heavy (non-hydrogen) atoms. The number of phenolic OH excluding ortho intramolecular Hbond substituents is 1. The summed E-state index contributed by atoms with van der Waals surface area (Å²) in [6, 6.07) is 13.2. The molecule has 0 radical (unpaired) electrons. The van der Waals surface area contributed by atoms with Gasteiger partial charge >= 0.3 is 0 Å². The first-order valence-electron chi connectivity index (χ1n) is 18.9. The van der Waals surface area contributed by atoms with Crippen molar-refractivity contribution in [3.8, 4) is 17.0 Å². The highest BCUT2D eigenvalue weighted by atomic mass is 32.1. The molecule has 9 rings (SSSR count). The molecule has 4 aliphatic heterocycles. The van der Waals surface area contributed by atoms with Gasteiger partial charge in [-0.25, -0.2) is 13.8 Å². The van der Waals surface area contributed by atoms with Crippen molar-refractivity contribution in [2.75, 3.05) is 36.4 Å². The Hall–Kier alpha value is -6.66. The molecule has 2 unspecified atom stereocenters. The molecule has 5 amide bonds. The maximum absolute atomic E-state index is 15.8. The first kappa shape index (κ1) is 37.9. The van der Waals surface area contributed by atoms with Gasteiger partial charge < -0.3 is 19.8 Å². The highest BCUT2D eigenvalue weighted by Crippen LogP contribution is 2.38. The molecule has 15 nitrogen and oxygen atoms in total. The number of fused-ring (bicyclic) bond motifs is 2. The fraction of sp³-hybridized carbons (Fsp3) is 0.268. The maximum atomic E-state index is 15.8. The second-order valence-corrected chi connectivity index (χ2v) is 15.6. The second kappa shape index (κ2) is 15.3. The molecule has 3 N–H and O–H groups in total. The van der Waals surface area contributed by atoms with Crippen molar-refractivity contribution in [2.45, 2.75) is 44.6 Å². The Morgan fingerprint density at radius 2 is 1.76 bits per heavy atom. The number of piperidine rings is 1. The van der Waals surface area contributed by atoms with Gasteiger partial charge in [0.05, 0.1) is 12.2 Å². The van der Waals surface area contributed by atoms with Gasteiger partial charge in [0.2, 0.25) is 11.8 Å². The molecule has 300 valence electrons. The number of aromatic nitrogens is 3. The number of benzene rings is 3. The highest BCUT2D eigenvalue weighted by molar-refractivity contribution is 7.13. The summed E-state index contributed by atoms with van der Waals surface area (Å²) in [6.45, 7) is 2.77. The van der Waals surface area contributed by atoms with E-state index in [0.717, 1.165) is 18.2 Å². The number of aromatic hydroxyl groups is 1. The normalized spacial score (nSPS) is 18.5. The molecule has 2 saturated heterocycles. The van der Waals surface area contributed by atoms with Crippen LogP contribution in [0, 0.1) is 11.6 Å². The molecule has 0 aliphatic carbocycles. The second-order valence-electron chi connectivity index (χ2n) is 14.7. The summed E-state index contributed by atoms with van der Waals surface area (Å²) >= 11 is 1.18. The highest BCUT2D eigenvalue weighted by Gasteiger charge is 2.41. The van der Waals surface area contributed by atoms with E-state index in [1.807, 2.05) is 18.2 Å². The van der Waals surface area contributed by atoms with Crippen LogP contribution in [-0.2, 0) is 34.0 Å². The SMILES string of the molecule is O=C1CCC(N2Cc3c(ccc(CN4CCN(c5ccc(-c6ccc7c(c6)C(=O)N(C(C(=O)Nc6nccs6)c6cc(F)ccc6O)C7)nn5)CC4)c3F)C2=O)C(=O)N1. The van der Waals surface area contributed by atoms with Crippen LogP contribution in [0.25, 0.3) is 11.3 Å². The lowest BCUT2D eigenvalue weighted by Crippen LogP contribution is -2.52. The van der Waals surface area contributed by atoms with Crippen molar-refractivity contribution in [1.29, 1.82) is 0 Å². The van der Waals surface area contributed by atoms with Crippen molar-refractivity contribution in [1.82, 2.24) is 35.2 Å². The van der Waals surface area contributed by atoms with Gasteiger partial charge in [-0.05, 0) is 54.4 Å². The lowest BCUT2D eigenvalue weighted by atomic mass is 10.0. The van der Waals surface area contributed by atoms with Gasteiger partial charge in [0, 0.05) is 90.6 Å². The van der Waals surface area contributed by atoms with E-state index in [-0.39, 0.29) is 54.3 Å². The van der Waals surface area contributed by atoms with E-state index in [9.17, 15) is 33.5 Å². The molecule has 0 bridgehead atoms. The van der Waals surface area contributed by atoms with Crippen molar-refractivity contribution in [2.24, 2.45) is 0 Å². The molecule has 3 aromatic carbocycles. The zero-order valence-electron chi connectivity index (χ0n) is 31.2. The zero-order chi connectivity index (χ0) is 40.9. The molecular formula is C41H35F2N9O6S. The van der Waals surface area contributed by atoms with E-state index in [1.165, 1.54) is 27.3 Å². The summed E-state index contributed by atoms with van der Waals surface area (Å²) < 4.78 is 30.2. The average molecular weight is 820 g/mol. The fourth-order valence-corrected chi connectivity index (χ4v) is 8.68. The molecule has 0 saturated carbocycles. The van der Waals surface area contributed by atoms with Gasteiger partial charge in [-0.3, -0.25) is 39.5 Å². The molecule has 2 fully saturated rings. The molecule has 18 heteroatoms. The minimum absolute atomic E-state index is 0.0294. The molecule has 5 aromatic rings. The van der Waals surface area contributed by atoms with E-state index in [2.05, 4.69) is 35.6 Å². The number of nitrogens with zero attached hydrogens (tertiary/aromatic N) is 7. The molecule has 2 aromatic heterocycles. The Morgan fingerprint density at radius 3 is 2.51 bits per heavy atom. The van der Waals surface area contributed by atoms with E-state index in [0.29, 0.717) is 71.6 Å². The number of rotatable bonds is 9. The van der Waals surface area contributed by atoms with Crippen LogP contribution in [0.2, 0.25) is 0 Å². The number of phenols is 1. The third kappa shape index (κ3) is 7.14. The Kier molecular flexibility index (Phi) is 9.80. The van der Waals surface area contributed by atoms with Crippen LogP contribution in [0.1, 0.15) is 61.9 Å². The number of halogens is 2. The third-order valence-corrected chi connectivity index (χ3v) is 11.9. The maximum Gasteiger partial charge on any atom is 0.255 e. The van der Waals surface area contributed by atoms with Crippen LogP contribution in [0.4, 0.5) is 19.7 Å². The first-order chi connectivity index (χ1) is 28.5. The van der Waals surface area contributed by atoms with Gasteiger partial charge in [0.15, 0.2) is 10.9 Å². The van der Waals surface area contributed by atoms with E-state index >= 15 is 4.39 Å². The van der Waals surface area contributed by atoms with Crippen LogP contribution in [0.15, 0.2) is 72.2 Å². The fourth-order valence-electron chi connectivity index (χ4n) is 8.14. The zero-order valence-corrected chi connectivity index (χ0v) is 32.0. The Morgan fingerprint density at radius 1 is 0.932 bits per heavy atom. The average Bonchev–Trinajstić information content (AvgIpc) is 3.96. The first-order valence-corrected chi connectivity index (χ1v) is 19.8. The van der Waals surface area contributed by atoms with Gasteiger partial charge in [-0.1, -0.05) is 18.2 Å². The Balaban J connectivity index is 0.844. The monoisotopic (exact) mass is 819 g/mol. The van der Waals surface area contributed by atoms with Crippen molar-refractivity contribution >= 4 is 51.8 Å². The summed E-state index contributed by atoms with van der Waals surface area (Å²) in [5, 5.41) is 26.5. The standard InChI is InChI=1S/C41H35F2N9O6S/c42-25-4-8-32(53)28(18-25)36(38(56)46-41-44-11-16-59-41)52-20-23-2-1-22(17-27(23)40(52)58)30-6-9-33(48-47-30)50-14-12-49(13-15-50)19-24-3-5-26-29(35(24)43)21-51(39(26)57)31-7-10-34(54)45-37(31)55/h1-6,8-9,11,16-18,31,36,53H,7,10,12-15,19-21H2,(H,44,46,56)(H,45,54,55). The predicted octanol–water partition coefficient (Wildman–Crippen LogP) is 4.00. The molecule has 4 aliphatic rings. The van der Waals surface area contributed by atoms with Gasteiger partial charge in [-0.2, -0.15) is 0 Å². The number of amides is 5. The summed E-state index contributed by atoms with van der Waals surface area (Å²) in [5.74, 6) is -3.29. The van der Waals surface area contributed by atoms with Crippen LogP contribution in [0.5, 0.6) is 5.75 Å². The van der Waals surface area contributed by atoms with Gasteiger partial charge in [0.1, 0.15) is 29.5 Å². The summed E-state index contributed by atoms with van der Waals surface area (Å²) in [5.41, 5.74) is 3.02. The number of piperazine rings is 1. The Labute approximate surface area is 339 Å². The largest absolute Gasteiger partial charge is 0.508 e. The molecule has 0 spiro atoms. The number of hydrogen-bond acceptors (Lipinski definition) is 12. The van der Waals surface area contributed by atoms with Crippen molar-refractivity contribution in [3.05, 3.63) is 117 Å². The van der Waals surface area contributed by atoms with Crippen LogP contribution in [-0.4, -0.2) is 96.7 Å². The minimum Gasteiger partial charge on any atom is -0.508 e. The van der Waals surface area contributed by atoms with E-state index in [4.69, 9.17) is 0 Å². The van der Waals surface area contributed by atoms with Gasteiger partial charge in [0.25, 0.3) is 17.7 Å². The minimum atomic E-state index is -1.35. The number of imide groups is 1. The van der Waals surface area contributed by atoms with Crippen molar-refractivity contribution in [3.63, 3.8) is 0 Å². The quantitative estimate of drug-likeness (QED) is 0.183. The lowest BCUT2D eigenvalue weighted by molar-refractivity contribution is -0.137. The predicted molar refractivity (Wildman–Crippen MR) is 209 cm³/mol. The topological polar surface area (TPSA) is 181 Å². The smallest absolute Gasteiger partial charge is 0.255 e. The number of anilines is 2. The number of carbonyl (C=O) groups is 5. The number of hydrogen-bond donors (Lipinski definition) is 3. The van der Waals surface area contributed by atoms with Crippen LogP contribution < -0.4 is 15.5 Å².